The molecule has 28 heavy (non-hydrogen) atoms. The Kier molecular flexibility index (Phi) is 8.01. The summed E-state index contributed by atoms with van der Waals surface area (Å²) in [5.74, 6) is 0.582. The molecule has 7 nitrogen and oxygen atoms in total. The number of amides is 2. The summed E-state index contributed by atoms with van der Waals surface area (Å²) in [4.78, 5) is 23.8. The molecule has 148 valence electrons. The average Bonchev–Trinajstić information content (AvgIpc) is 2.68. The highest BCUT2D eigenvalue weighted by Gasteiger charge is 2.09. The zero-order valence-electron chi connectivity index (χ0n) is 15.9. The van der Waals surface area contributed by atoms with E-state index in [0.29, 0.717) is 22.7 Å². The van der Waals surface area contributed by atoms with E-state index in [-0.39, 0.29) is 24.7 Å². The number of anilines is 1. The van der Waals surface area contributed by atoms with Crippen molar-refractivity contribution in [3.05, 3.63) is 52.0 Å². The molecule has 0 aromatic heterocycles. The fourth-order valence-corrected chi connectivity index (χ4v) is 2.82. The molecule has 2 aromatic carbocycles. The second-order valence-electron chi connectivity index (χ2n) is 5.94. The smallest absolute Gasteiger partial charge is 0.240 e. The van der Waals surface area contributed by atoms with Crippen molar-refractivity contribution in [2.75, 3.05) is 19.5 Å². The summed E-state index contributed by atoms with van der Waals surface area (Å²) in [6.07, 6.45) is 1.55. The minimum atomic E-state index is -0.359. The highest BCUT2D eigenvalue weighted by Crippen LogP contribution is 2.31. The van der Waals surface area contributed by atoms with Gasteiger partial charge >= 0.3 is 0 Å². The molecule has 0 aliphatic heterocycles. The molecule has 0 spiro atoms. The lowest BCUT2D eigenvalue weighted by atomic mass is 10.2. The summed E-state index contributed by atoms with van der Waals surface area (Å²) in [5.41, 5.74) is 4.87. The lowest BCUT2D eigenvalue weighted by Gasteiger charge is -2.09. The van der Waals surface area contributed by atoms with Crippen molar-refractivity contribution in [2.45, 2.75) is 19.8 Å². The van der Waals surface area contributed by atoms with Crippen molar-refractivity contribution >= 4 is 39.6 Å². The van der Waals surface area contributed by atoms with E-state index in [4.69, 9.17) is 9.47 Å². The minimum absolute atomic E-state index is 0.0263. The van der Waals surface area contributed by atoms with Crippen LogP contribution in [0.15, 0.2) is 46.0 Å². The first-order valence-corrected chi connectivity index (χ1v) is 9.32. The Morgan fingerprint density at radius 1 is 1.04 bits per heavy atom. The number of methoxy groups -OCH3 is 2. The Hall–Kier alpha value is -2.87. The monoisotopic (exact) mass is 447 g/mol. The maximum Gasteiger partial charge on any atom is 0.240 e. The quantitative estimate of drug-likeness (QED) is 0.477. The largest absolute Gasteiger partial charge is 0.496 e. The summed E-state index contributed by atoms with van der Waals surface area (Å²) in [5, 5.41) is 6.67. The molecule has 0 unspecified atom stereocenters. The number of carbonyl (C=O) groups is 2. The van der Waals surface area contributed by atoms with Crippen LogP contribution in [-0.4, -0.2) is 32.2 Å². The van der Waals surface area contributed by atoms with Gasteiger partial charge in [-0.25, -0.2) is 5.43 Å². The lowest BCUT2D eigenvalue weighted by Crippen LogP contribution is -2.20. The van der Waals surface area contributed by atoms with Gasteiger partial charge in [0.05, 0.1) is 24.9 Å². The number of carbonyl (C=O) groups excluding carboxylic acids is 2. The lowest BCUT2D eigenvalue weighted by molar-refractivity contribution is -0.124. The van der Waals surface area contributed by atoms with Gasteiger partial charge in [-0.1, -0.05) is 17.7 Å². The summed E-state index contributed by atoms with van der Waals surface area (Å²) in [7, 11) is 3.09. The highest BCUT2D eigenvalue weighted by molar-refractivity contribution is 9.10. The van der Waals surface area contributed by atoms with Crippen molar-refractivity contribution in [1.29, 1.82) is 0 Å². The first-order valence-electron chi connectivity index (χ1n) is 8.53. The second kappa shape index (κ2) is 10.5. The number of rotatable bonds is 8. The van der Waals surface area contributed by atoms with Crippen LogP contribution in [0, 0.1) is 6.92 Å². The van der Waals surface area contributed by atoms with Crippen LogP contribution in [0.2, 0.25) is 0 Å². The van der Waals surface area contributed by atoms with Crippen LogP contribution < -0.4 is 20.2 Å². The van der Waals surface area contributed by atoms with Gasteiger partial charge < -0.3 is 14.8 Å². The topological polar surface area (TPSA) is 89.0 Å². The molecular weight excluding hydrogens is 426 g/mol. The van der Waals surface area contributed by atoms with Crippen molar-refractivity contribution in [3.8, 4) is 11.5 Å². The summed E-state index contributed by atoms with van der Waals surface area (Å²) >= 11 is 3.39. The highest BCUT2D eigenvalue weighted by atomic mass is 79.9. The molecule has 0 heterocycles. The van der Waals surface area contributed by atoms with Gasteiger partial charge in [-0.2, -0.15) is 5.10 Å². The fourth-order valence-electron chi connectivity index (χ4n) is 2.30. The Bertz CT molecular complexity index is 866. The third-order valence-electron chi connectivity index (χ3n) is 3.81. The summed E-state index contributed by atoms with van der Waals surface area (Å²) in [6, 6.07) is 10.9. The van der Waals surface area contributed by atoms with E-state index >= 15 is 0 Å². The molecule has 2 N–H and O–H groups in total. The van der Waals surface area contributed by atoms with Crippen LogP contribution in [0.5, 0.6) is 11.5 Å². The van der Waals surface area contributed by atoms with Gasteiger partial charge in [0.2, 0.25) is 11.8 Å². The number of nitrogens with one attached hydrogen (secondary N) is 2. The maximum atomic E-state index is 11.9. The van der Waals surface area contributed by atoms with Crippen LogP contribution in [0.1, 0.15) is 24.0 Å². The van der Waals surface area contributed by atoms with Gasteiger partial charge in [-0.05, 0) is 41.1 Å². The number of nitrogens with zero attached hydrogens (tertiary/aromatic N) is 1. The predicted octanol–water partition coefficient (Wildman–Crippen LogP) is 3.64. The van der Waals surface area contributed by atoms with Gasteiger partial charge in [-0.15, -0.1) is 0 Å². The molecule has 2 rings (SSSR count). The van der Waals surface area contributed by atoms with E-state index in [9.17, 15) is 9.59 Å². The molecule has 0 aliphatic carbocycles. The average molecular weight is 448 g/mol. The molecule has 0 saturated heterocycles. The van der Waals surface area contributed by atoms with Crippen molar-refractivity contribution < 1.29 is 19.1 Å². The molecule has 0 aliphatic rings. The van der Waals surface area contributed by atoms with Crippen LogP contribution in [-0.2, 0) is 9.59 Å². The van der Waals surface area contributed by atoms with E-state index in [1.165, 1.54) is 13.3 Å². The zero-order chi connectivity index (χ0) is 20.5. The van der Waals surface area contributed by atoms with Crippen LogP contribution in [0.25, 0.3) is 0 Å². The molecule has 8 heteroatoms. The van der Waals surface area contributed by atoms with Crippen LogP contribution in [0.4, 0.5) is 5.69 Å². The number of hydrogen-bond acceptors (Lipinski definition) is 5. The van der Waals surface area contributed by atoms with Crippen LogP contribution >= 0.6 is 15.9 Å². The van der Waals surface area contributed by atoms with Crippen molar-refractivity contribution in [1.82, 2.24) is 5.43 Å². The van der Waals surface area contributed by atoms with Crippen molar-refractivity contribution in [2.24, 2.45) is 5.10 Å². The molecule has 2 aromatic rings. The van der Waals surface area contributed by atoms with E-state index in [1.807, 2.05) is 31.2 Å². The van der Waals surface area contributed by atoms with Gasteiger partial charge in [0.1, 0.15) is 11.5 Å². The standard InChI is InChI=1S/C20H22BrN3O4/c1-13-4-6-15(7-5-13)23-19(25)8-9-20(26)24-22-12-14-10-16(21)18(28-3)11-17(14)27-2/h4-7,10-12H,8-9H2,1-3H3,(H,23,25)(H,24,26). The SMILES string of the molecule is COc1cc(OC)c(C=NNC(=O)CCC(=O)Nc2ccc(C)cc2)cc1Br. The van der Waals surface area contributed by atoms with Gasteiger partial charge in [0, 0.05) is 30.2 Å². The van der Waals surface area contributed by atoms with Gasteiger partial charge in [0.25, 0.3) is 0 Å². The van der Waals surface area contributed by atoms with Crippen LogP contribution in [0.3, 0.4) is 0 Å². The molecule has 0 radical (unpaired) electrons. The number of halogens is 1. The Morgan fingerprint density at radius 3 is 2.32 bits per heavy atom. The Morgan fingerprint density at radius 2 is 1.68 bits per heavy atom. The number of aryl methyl sites for hydroxylation is 1. The summed E-state index contributed by atoms with van der Waals surface area (Å²) < 4.78 is 11.2. The number of benzene rings is 2. The van der Waals surface area contributed by atoms with Gasteiger partial charge in [-0.3, -0.25) is 9.59 Å². The predicted molar refractivity (Wildman–Crippen MR) is 112 cm³/mol. The van der Waals surface area contributed by atoms with E-state index in [2.05, 4.69) is 31.8 Å². The fraction of sp³-hybridized carbons (Fsp3) is 0.250. The van der Waals surface area contributed by atoms with Gasteiger partial charge in [0.15, 0.2) is 0 Å². The Balaban J connectivity index is 1.84. The molecular formula is C20H22BrN3O4. The number of ether oxygens (including phenoxy) is 2. The number of hydrogen-bond donors (Lipinski definition) is 2. The molecule has 0 fully saturated rings. The van der Waals surface area contributed by atoms with E-state index in [0.717, 1.165) is 10.0 Å². The molecule has 2 amide bonds. The minimum Gasteiger partial charge on any atom is -0.496 e. The third-order valence-corrected chi connectivity index (χ3v) is 4.43. The third kappa shape index (κ3) is 6.38. The summed E-state index contributed by atoms with van der Waals surface area (Å²) in [6.45, 7) is 1.97. The first kappa shape index (κ1) is 21.4. The normalized spacial score (nSPS) is 10.6. The zero-order valence-corrected chi connectivity index (χ0v) is 17.5. The van der Waals surface area contributed by atoms with E-state index < -0.39 is 0 Å². The molecule has 0 atom stereocenters. The Labute approximate surface area is 172 Å². The second-order valence-corrected chi connectivity index (χ2v) is 6.79. The molecule has 0 saturated carbocycles. The first-order chi connectivity index (χ1) is 13.4. The van der Waals surface area contributed by atoms with E-state index in [1.54, 1.807) is 19.2 Å². The maximum absolute atomic E-state index is 11.9. The molecule has 0 bridgehead atoms. The number of hydrazone groups is 1. The van der Waals surface area contributed by atoms with Crippen molar-refractivity contribution in [3.63, 3.8) is 0 Å².